The van der Waals surface area contributed by atoms with E-state index >= 15 is 0 Å². The molecule has 0 saturated carbocycles. The molecular weight excluding hydrogens is 281 g/mol. The molecule has 20 heavy (non-hydrogen) atoms. The first-order valence-electron chi connectivity index (χ1n) is 5.92. The van der Waals surface area contributed by atoms with Crippen LogP contribution in [0.1, 0.15) is 6.92 Å². The molecule has 0 bridgehead atoms. The van der Waals surface area contributed by atoms with Gasteiger partial charge in [-0.2, -0.15) is 0 Å². The van der Waals surface area contributed by atoms with Gasteiger partial charge in [0.1, 0.15) is 5.82 Å². The molecule has 0 aliphatic heterocycles. The Morgan fingerprint density at radius 1 is 1.30 bits per heavy atom. The zero-order chi connectivity index (χ0) is 14.4. The maximum Gasteiger partial charge on any atom is 0.316 e. The SMILES string of the molecule is CCOC(=O)CSc1nccc(-c2ccc(F)cn2)n1. The number of hydrogen-bond acceptors (Lipinski definition) is 6. The minimum atomic E-state index is -0.403. The van der Waals surface area contributed by atoms with Gasteiger partial charge in [-0.05, 0) is 25.1 Å². The van der Waals surface area contributed by atoms with E-state index in [4.69, 9.17) is 4.74 Å². The van der Waals surface area contributed by atoms with Gasteiger partial charge in [0.15, 0.2) is 5.16 Å². The van der Waals surface area contributed by atoms with Gasteiger partial charge in [0.05, 0.1) is 29.9 Å². The summed E-state index contributed by atoms with van der Waals surface area (Å²) in [5.41, 5.74) is 1.12. The van der Waals surface area contributed by atoms with Crippen molar-refractivity contribution >= 4 is 17.7 Å². The molecule has 2 heterocycles. The van der Waals surface area contributed by atoms with Crippen LogP contribution in [0.5, 0.6) is 0 Å². The molecule has 2 aromatic rings. The summed E-state index contributed by atoms with van der Waals surface area (Å²) in [5, 5.41) is 0.446. The summed E-state index contributed by atoms with van der Waals surface area (Å²) in [6.45, 7) is 2.10. The van der Waals surface area contributed by atoms with Crippen molar-refractivity contribution < 1.29 is 13.9 Å². The van der Waals surface area contributed by atoms with E-state index in [1.165, 1.54) is 23.9 Å². The summed E-state index contributed by atoms with van der Waals surface area (Å²) >= 11 is 1.18. The van der Waals surface area contributed by atoms with Crippen LogP contribution < -0.4 is 0 Å². The highest BCUT2D eigenvalue weighted by Gasteiger charge is 2.07. The van der Waals surface area contributed by atoms with Crippen LogP contribution in [0.25, 0.3) is 11.4 Å². The smallest absolute Gasteiger partial charge is 0.316 e. The number of rotatable bonds is 5. The lowest BCUT2D eigenvalue weighted by molar-refractivity contribution is -0.139. The summed E-state index contributed by atoms with van der Waals surface area (Å²) < 4.78 is 17.6. The number of ether oxygens (including phenoxy) is 1. The predicted molar refractivity (Wildman–Crippen MR) is 72.6 cm³/mol. The first-order chi connectivity index (χ1) is 9.69. The lowest BCUT2D eigenvalue weighted by atomic mass is 10.2. The van der Waals surface area contributed by atoms with Crippen LogP contribution in [0.2, 0.25) is 0 Å². The standard InChI is InChI=1S/C13H12FN3O2S/c1-2-19-12(18)8-20-13-15-6-5-11(17-13)10-4-3-9(14)7-16-10/h3-7H,2,8H2,1H3. The van der Waals surface area contributed by atoms with Gasteiger partial charge >= 0.3 is 5.97 Å². The van der Waals surface area contributed by atoms with Crippen LogP contribution in [0.15, 0.2) is 35.7 Å². The van der Waals surface area contributed by atoms with Gasteiger partial charge in [-0.25, -0.2) is 14.4 Å². The summed E-state index contributed by atoms with van der Waals surface area (Å²) in [7, 11) is 0. The van der Waals surface area contributed by atoms with Crippen LogP contribution in [-0.2, 0) is 9.53 Å². The number of thioether (sulfide) groups is 1. The maximum absolute atomic E-state index is 12.8. The Labute approximate surface area is 119 Å². The molecule has 5 nitrogen and oxygen atoms in total. The first-order valence-corrected chi connectivity index (χ1v) is 6.91. The van der Waals surface area contributed by atoms with Gasteiger partial charge in [-0.1, -0.05) is 11.8 Å². The molecule has 0 radical (unpaired) electrons. The summed E-state index contributed by atoms with van der Waals surface area (Å²) in [4.78, 5) is 23.5. The van der Waals surface area contributed by atoms with Crippen LogP contribution in [0.3, 0.4) is 0 Å². The highest BCUT2D eigenvalue weighted by molar-refractivity contribution is 7.99. The van der Waals surface area contributed by atoms with Gasteiger partial charge in [0.25, 0.3) is 0 Å². The van der Waals surface area contributed by atoms with Crippen LogP contribution in [0.4, 0.5) is 4.39 Å². The topological polar surface area (TPSA) is 65.0 Å². The normalized spacial score (nSPS) is 10.3. The van der Waals surface area contributed by atoms with Crippen molar-refractivity contribution in [1.82, 2.24) is 15.0 Å². The molecule has 0 aromatic carbocycles. The molecular formula is C13H12FN3O2S. The van der Waals surface area contributed by atoms with E-state index in [9.17, 15) is 9.18 Å². The lowest BCUT2D eigenvalue weighted by Gasteiger charge is -2.03. The van der Waals surface area contributed by atoms with Gasteiger partial charge < -0.3 is 4.74 Å². The lowest BCUT2D eigenvalue weighted by Crippen LogP contribution is -2.07. The molecule has 7 heteroatoms. The molecule has 0 saturated heterocycles. The van der Waals surface area contributed by atoms with Crippen molar-refractivity contribution in [2.45, 2.75) is 12.1 Å². The third-order valence-electron chi connectivity index (χ3n) is 2.25. The second-order valence-corrected chi connectivity index (χ2v) is 4.62. The van der Waals surface area contributed by atoms with E-state index in [0.29, 0.717) is 23.2 Å². The molecule has 104 valence electrons. The highest BCUT2D eigenvalue weighted by Crippen LogP contribution is 2.18. The molecule has 0 atom stereocenters. The quantitative estimate of drug-likeness (QED) is 0.479. The summed E-state index contributed by atoms with van der Waals surface area (Å²) in [5.74, 6) is -0.570. The number of nitrogens with zero attached hydrogens (tertiary/aromatic N) is 3. The molecule has 0 aliphatic carbocycles. The number of aromatic nitrogens is 3. The third kappa shape index (κ3) is 3.99. The number of pyridine rings is 1. The number of carbonyl (C=O) groups excluding carboxylic acids is 1. The average molecular weight is 293 g/mol. The second kappa shape index (κ2) is 6.95. The van der Waals surface area contributed by atoms with E-state index in [0.717, 1.165) is 6.20 Å². The highest BCUT2D eigenvalue weighted by atomic mass is 32.2. The molecule has 0 aliphatic rings. The van der Waals surface area contributed by atoms with Crippen molar-refractivity contribution in [3.63, 3.8) is 0 Å². The van der Waals surface area contributed by atoms with Crippen LogP contribution >= 0.6 is 11.8 Å². The molecule has 2 rings (SSSR count). The molecule has 0 spiro atoms. The Hall–Kier alpha value is -2.02. The Balaban J connectivity index is 2.08. The fourth-order valence-corrected chi connectivity index (χ4v) is 2.04. The monoisotopic (exact) mass is 293 g/mol. The van der Waals surface area contributed by atoms with Gasteiger partial charge in [-0.3, -0.25) is 9.78 Å². The van der Waals surface area contributed by atoms with Crippen molar-refractivity contribution in [2.75, 3.05) is 12.4 Å². The van der Waals surface area contributed by atoms with E-state index in [1.807, 2.05) is 0 Å². The van der Waals surface area contributed by atoms with E-state index < -0.39 is 5.82 Å². The molecule has 2 aromatic heterocycles. The Morgan fingerprint density at radius 2 is 2.15 bits per heavy atom. The van der Waals surface area contributed by atoms with Crippen molar-refractivity contribution in [3.8, 4) is 11.4 Å². The van der Waals surface area contributed by atoms with Crippen molar-refractivity contribution in [3.05, 3.63) is 36.4 Å². The van der Waals surface area contributed by atoms with Gasteiger partial charge in [0.2, 0.25) is 0 Å². The maximum atomic E-state index is 12.8. The molecule has 0 amide bonds. The van der Waals surface area contributed by atoms with Crippen molar-refractivity contribution in [1.29, 1.82) is 0 Å². The van der Waals surface area contributed by atoms with Gasteiger partial charge in [-0.15, -0.1) is 0 Å². The third-order valence-corrected chi connectivity index (χ3v) is 3.08. The number of carbonyl (C=O) groups is 1. The number of esters is 1. The van der Waals surface area contributed by atoms with E-state index in [-0.39, 0.29) is 11.7 Å². The Bertz CT molecular complexity index is 592. The zero-order valence-corrected chi connectivity index (χ0v) is 11.6. The zero-order valence-electron chi connectivity index (χ0n) is 10.7. The summed E-state index contributed by atoms with van der Waals surface area (Å²) in [6.07, 6.45) is 2.70. The van der Waals surface area contributed by atoms with E-state index in [1.54, 1.807) is 19.2 Å². The minimum absolute atomic E-state index is 0.147. The number of halogens is 1. The van der Waals surface area contributed by atoms with Crippen LogP contribution in [0, 0.1) is 5.82 Å². The van der Waals surface area contributed by atoms with Crippen molar-refractivity contribution in [2.24, 2.45) is 0 Å². The average Bonchev–Trinajstić information content (AvgIpc) is 2.47. The predicted octanol–water partition coefficient (Wildman–Crippen LogP) is 2.33. The first kappa shape index (κ1) is 14.4. The fourth-order valence-electron chi connectivity index (χ4n) is 1.41. The minimum Gasteiger partial charge on any atom is -0.465 e. The molecule has 0 N–H and O–H groups in total. The second-order valence-electron chi connectivity index (χ2n) is 3.68. The largest absolute Gasteiger partial charge is 0.465 e. The molecule has 0 fully saturated rings. The van der Waals surface area contributed by atoms with Gasteiger partial charge in [0, 0.05) is 6.20 Å². The molecule has 0 unspecified atom stereocenters. The number of hydrogen-bond donors (Lipinski definition) is 0. The fraction of sp³-hybridized carbons (Fsp3) is 0.231. The summed E-state index contributed by atoms with van der Waals surface area (Å²) in [6, 6.07) is 4.53. The Kier molecular flexibility index (Phi) is 5.00. The van der Waals surface area contributed by atoms with E-state index in [2.05, 4.69) is 15.0 Å². The van der Waals surface area contributed by atoms with Crippen LogP contribution in [-0.4, -0.2) is 33.3 Å². The Morgan fingerprint density at radius 3 is 2.85 bits per heavy atom.